The molecule has 0 aliphatic heterocycles. The average molecular weight is 242 g/mol. The molecule has 2 aromatic heterocycles. The van der Waals surface area contributed by atoms with Crippen LogP contribution < -0.4 is 5.32 Å². The zero-order chi connectivity index (χ0) is 13.0. The van der Waals surface area contributed by atoms with E-state index in [-0.39, 0.29) is 6.04 Å². The van der Waals surface area contributed by atoms with E-state index in [0.29, 0.717) is 17.3 Å². The number of nitriles is 1. The number of anilines is 1. The first-order valence-corrected chi connectivity index (χ1v) is 5.75. The van der Waals surface area contributed by atoms with E-state index in [1.807, 2.05) is 26.0 Å². The van der Waals surface area contributed by atoms with Crippen molar-refractivity contribution in [1.29, 1.82) is 5.26 Å². The molecule has 0 aliphatic rings. The van der Waals surface area contributed by atoms with Crippen molar-refractivity contribution >= 4 is 5.82 Å². The van der Waals surface area contributed by atoms with Gasteiger partial charge in [0.15, 0.2) is 5.82 Å². The van der Waals surface area contributed by atoms with E-state index in [1.165, 1.54) is 0 Å². The van der Waals surface area contributed by atoms with Crippen molar-refractivity contribution in [3.05, 3.63) is 35.5 Å². The molecule has 0 amide bonds. The second kappa shape index (κ2) is 5.27. The highest BCUT2D eigenvalue weighted by molar-refractivity contribution is 5.39. The fourth-order valence-electron chi connectivity index (χ4n) is 1.62. The number of nitrogens with one attached hydrogen (secondary N) is 2. The molecular formula is C12H14N6. The van der Waals surface area contributed by atoms with Gasteiger partial charge in [0.05, 0.1) is 6.04 Å². The summed E-state index contributed by atoms with van der Waals surface area (Å²) >= 11 is 0. The molecule has 92 valence electrons. The zero-order valence-electron chi connectivity index (χ0n) is 10.3. The zero-order valence-corrected chi connectivity index (χ0v) is 10.3. The molecule has 0 aromatic carbocycles. The SMILES string of the molecule is CCC(Nc1cccc(C#N)n1)c1n[nH]c(C)n1. The summed E-state index contributed by atoms with van der Waals surface area (Å²) in [4.78, 5) is 8.47. The summed E-state index contributed by atoms with van der Waals surface area (Å²) in [5.74, 6) is 2.14. The van der Waals surface area contributed by atoms with Gasteiger partial charge in [-0.3, -0.25) is 5.10 Å². The van der Waals surface area contributed by atoms with E-state index in [0.717, 1.165) is 12.2 Å². The molecule has 2 aromatic rings. The highest BCUT2D eigenvalue weighted by Gasteiger charge is 2.14. The Labute approximate surface area is 105 Å². The van der Waals surface area contributed by atoms with Crippen molar-refractivity contribution < 1.29 is 0 Å². The Morgan fingerprint density at radius 2 is 2.28 bits per heavy atom. The first-order valence-electron chi connectivity index (χ1n) is 5.75. The van der Waals surface area contributed by atoms with Crippen molar-refractivity contribution in [2.45, 2.75) is 26.3 Å². The molecule has 2 rings (SSSR count). The number of aromatic nitrogens is 4. The molecule has 0 radical (unpaired) electrons. The molecule has 18 heavy (non-hydrogen) atoms. The summed E-state index contributed by atoms with van der Waals surface area (Å²) in [6, 6.07) is 7.28. The summed E-state index contributed by atoms with van der Waals surface area (Å²) in [6.45, 7) is 3.90. The lowest BCUT2D eigenvalue weighted by atomic mass is 10.2. The summed E-state index contributed by atoms with van der Waals surface area (Å²) in [6.07, 6.45) is 0.829. The van der Waals surface area contributed by atoms with E-state index in [1.54, 1.807) is 12.1 Å². The molecule has 6 heteroatoms. The Morgan fingerprint density at radius 3 is 2.89 bits per heavy atom. The number of H-pyrrole nitrogens is 1. The first-order chi connectivity index (χ1) is 8.72. The number of aryl methyl sites for hydroxylation is 1. The van der Waals surface area contributed by atoms with Crippen LogP contribution in [0.25, 0.3) is 0 Å². The first kappa shape index (κ1) is 12.0. The van der Waals surface area contributed by atoms with Gasteiger partial charge in [-0.2, -0.15) is 10.4 Å². The number of hydrogen-bond donors (Lipinski definition) is 2. The van der Waals surface area contributed by atoms with Crippen LogP contribution in [0, 0.1) is 18.3 Å². The summed E-state index contributed by atoms with van der Waals surface area (Å²) in [5.41, 5.74) is 0.390. The summed E-state index contributed by atoms with van der Waals surface area (Å²) in [5, 5.41) is 19.0. The van der Waals surface area contributed by atoms with Gasteiger partial charge in [0, 0.05) is 0 Å². The van der Waals surface area contributed by atoms with Crippen LogP contribution in [0.15, 0.2) is 18.2 Å². The maximum atomic E-state index is 8.80. The Bertz CT molecular complexity index is 568. The van der Waals surface area contributed by atoms with E-state index in [9.17, 15) is 0 Å². The van der Waals surface area contributed by atoms with Gasteiger partial charge in [0.2, 0.25) is 0 Å². The molecule has 0 saturated carbocycles. The molecule has 0 saturated heterocycles. The minimum Gasteiger partial charge on any atom is -0.360 e. The van der Waals surface area contributed by atoms with Crippen molar-refractivity contribution in [2.24, 2.45) is 0 Å². The average Bonchev–Trinajstić information content (AvgIpc) is 2.82. The molecule has 0 aliphatic carbocycles. The molecule has 2 heterocycles. The van der Waals surface area contributed by atoms with Crippen molar-refractivity contribution in [1.82, 2.24) is 20.2 Å². The highest BCUT2D eigenvalue weighted by Crippen LogP contribution is 2.18. The Kier molecular flexibility index (Phi) is 3.53. The van der Waals surface area contributed by atoms with E-state index >= 15 is 0 Å². The molecule has 1 atom stereocenters. The third-order valence-corrected chi connectivity index (χ3v) is 2.52. The van der Waals surface area contributed by atoms with Crippen molar-refractivity contribution in [3.63, 3.8) is 0 Å². The Morgan fingerprint density at radius 1 is 1.44 bits per heavy atom. The van der Waals surface area contributed by atoms with Crippen LogP contribution in [-0.4, -0.2) is 20.2 Å². The van der Waals surface area contributed by atoms with E-state index in [2.05, 4.69) is 25.5 Å². The standard InChI is InChI=1S/C12H14N6/c1-3-10(12-14-8(2)17-18-12)16-11-6-4-5-9(7-13)15-11/h4-6,10H,3H2,1-2H3,(H,15,16)(H,14,17,18). The number of aromatic amines is 1. The fourth-order valence-corrected chi connectivity index (χ4v) is 1.62. The number of rotatable bonds is 4. The summed E-state index contributed by atoms with van der Waals surface area (Å²) < 4.78 is 0. The van der Waals surface area contributed by atoms with Crippen LogP contribution in [0.4, 0.5) is 5.82 Å². The van der Waals surface area contributed by atoms with Crippen molar-refractivity contribution in [2.75, 3.05) is 5.32 Å². The minimum absolute atomic E-state index is 0.0172. The van der Waals surface area contributed by atoms with Crippen LogP contribution in [0.2, 0.25) is 0 Å². The van der Waals surface area contributed by atoms with Gasteiger partial charge in [-0.15, -0.1) is 0 Å². The van der Waals surface area contributed by atoms with Crippen molar-refractivity contribution in [3.8, 4) is 6.07 Å². The number of pyridine rings is 1. The normalized spacial score (nSPS) is 11.8. The lowest BCUT2D eigenvalue weighted by Gasteiger charge is -2.14. The topological polar surface area (TPSA) is 90.3 Å². The van der Waals surface area contributed by atoms with E-state index < -0.39 is 0 Å². The van der Waals surface area contributed by atoms with Gasteiger partial charge in [0.1, 0.15) is 23.4 Å². The van der Waals surface area contributed by atoms with Gasteiger partial charge in [-0.25, -0.2) is 9.97 Å². The summed E-state index contributed by atoms with van der Waals surface area (Å²) in [7, 11) is 0. The quantitative estimate of drug-likeness (QED) is 0.855. The number of nitrogens with zero attached hydrogens (tertiary/aromatic N) is 4. The minimum atomic E-state index is -0.0172. The molecular weight excluding hydrogens is 228 g/mol. The monoisotopic (exact) mass is 242 g/mol. The number of hydrogen-bond acceptors (Lipinski definition) is 5. The lowest BCUT2D eigenvalue weighted by Crippen LogP contribution is -2.12. The Hall–Kier alpha value is -2.42. The second-order valence-corrected chi connectivity index (χ2v) is 3.90. The third-order valence-electron chi connectivity index (χ3n) is 2.52. The maximum Gasteiger partial charge on any atom is 0.172 e. The fraction of sp³-hybridized carbons (Fsp3) is 0.333. The van der Waals surface area contributed by atoms with Gasteiger partial charge < -0.3 is 5.32 Å². The molecule has 0 bridgehead atoms. The maximum absolute atomic E-state index is 8.80. The van der Waals surface area contributed by atoms with Gasteiger partial charge in [-0.1, -0.05) is 13.0 Å². The Balaban J connectivity index is 2.18. The van der Waals surface area contributed by atoms with Gasteiger partial charge >= 0.3 is 0 Å². The van der Waals surface area contributed by atoms with Crippen LogP contribution in [0.3, 0.4) is 0 Å². The van der Waals surface area contributed by atoms with Crippen LogP contribution in [-0.2, 0) is 0 Å². The molecule has 0 fully saturated rings. The van der Waals surface area contributed by atoms with Crippen LogP contribution >= 0.6 is 0 Å². The van der Waals surface area contributed by atoms with E-state index in [4.69, 9.17) is 5.26 Å². The van der Waals surface area contributed by atoms with Gasteiger partial charge in [0.25, 0.3) is 0 Å². The molecule has 2 N–H and O–H groups in total. The van der Waals surface area contributed by atoms with Gasteiger partial charge in [-0.05, 0) is 25.5 Å². The predicted octanol–water partition coefficient (Wildman–Crippen LogP) is 1.94. The largest absolute Gasteiger partial charge is 0.360 e. The second-order valence-electron chi connectivity index (χ2n) is 3.90. The molecule has 1 unspecified atom stereocenters. The smallest absolute Gasteiger partial charge is 0.172 e. The lowest BCUT2D eigenvalue weighted by molar-refractivity contribution is 0.693. The van der Waals surface area contributed by atoms with Crippen LogP contribution in [0.5, 0.6) is 0 Å². The molecule has 0 spiro atoms. The third kappa shape index (κ3) is 2.63. The predicted molar refractivity (Wildman–Crippen MR) is 66.7 cm³/mol. The molecule has 6 nitrogen and oxygen atoms in total. The highest BCUT2D eigenvalue weighted by atomic mass is 15.2. The van der Waals surface area contributed by atoms with Crippen LogP contribution in [0.1, 0.15) is 36.7 Å².